The van der Waals surface area contributed by atoms with E-state index in [0.717, 1.165) is 4.90 Å². The van der Waals surface area contributed by atoms with Gasteiger partial charge in [-0.25, -0.2) is 24.0 Å². The van der Waals surface area contributed by atoms with E-state index in [1.807, 2.05) is 0 Å². The van der Waals surface area contributed by atoms with Gasteiger partial charge in [0.1, 0.15) is 11.8 Å². The zero-order valence-corrected chi connectivity index (χ0v) is 21.6. The molecule has 13 heteroatoms. The quantitative estimate of drug-likeness (QED) is 0.270. The van der Waals surface area contributed by atoms with Gasteiger partial charge in [0.15, 0.2) is 5.82 Å². The normalized spacial score (nSPS) is 10.6. The van der Waals surface area contributed by atoms with Crippen LogP contribution in [0.15, 0.2) is 55.2 Å². The third-order valence-electron chi connectivity index (χ3n) is 5.88. The summed E-state index contributed by atoms with van der Waals surface area (Å²) in [6.07, 6.45) is 4.61. The van der Waals surface area contributed by atoms with E-state index in [-0.39, 0.29) is 34.4 Å². The first-order valence-corrected chi connectivity index (χ1v) is 11.7. The van der Waals surface area contributed by atoms with E-state index < -0.39 is 18.9 Å². The van der Waals surface area contributed by atoms with E-state index in [9.17, 15) is 19.2 Å². The van der Waals surface area contributed by atoms with Crippen molar-refractivity contribution in [1.29, 1.82) is 0 Å². The highest BCUT2D eigenvalue weighted by atomic mass is 16.7. The maximum Gasteiger partial charge on any atom is 0.423 e. The van der Waals surface area contributed by atoms with Crippen molar-refractivity contribution in [2.24, 2.45) is 0 Å². The fourth-order valence-corrected chi connectivity index (χ4v) is 3.87. The molecule has 3 amide bonds. The molecule has 4 rings (SSSR count). The SMILES string of the molecule is CNC(=O)c1ccc(C)c(N(C(=O)OCOC(=O)c2cccnc2)c2ncnn3cc(C(=O)NC)c(C)c23)c1. The molecule has 13 nitrogen and oxygen atoms in total. The van der Waals surface area contributed by atoms with Crippen molar-refractivity contribution in [2.75, 3.05) is 25.8 Å². The summed E-state index contributed by atoms with van der Waals surface area (Å²) in [6.45, 7) is 2.73. The van der Waals surface area contributed by atoms with Gasteiger partial charge in [0.05, 0.1) is 16.8 Å². The van der Waals surface area contributed by atoms with Gasteiger partial charge in [0.25, 0.3) is 11.8 Å². The highest BCUT2D eigenvalue weighted by Gasteiger charge is 2.29. The Hall–Kier alpha value is -5.33. The predicted molar refractivity (Wildman–Crippen MR) is 139 cm³/mol. The Labute approximate surface area is 222 Å². The van der Waals surface area contributed by atoms with Crippen LogP contribution in [-0.4, -0.2) is 64.3 Å². The number of aromatic nitrogens is 4. The van der Waals surface area contributed by atoms with Crippen LogP contribution in [0, 0.1) is 13.8 Å². The molecule has 0 bridgehead atoms. The highest BCUT2D eigenvalue weighted by molar-refractivity contribution is 6.04. The molecule has 0 spiro atoms. The number of anilines is 2. The number of esters is 1. The smallest absolute Gasteiger partial charge is 0.423 e. The number of ether oxygens (including phenoxy) is 2. The summed E-state index contributed by atoms with van der Waals surface area (Å²) in [4.78, 5) is 60.0. The van der Waals surface area contributed by atoms with Crippen molar-refractivity contribution in [3.05, 3.63) is 83.1 Å². The molecule has 0 fully saturated rings. The molecule has 200 valence electrons. The molecule has 3 heterocycles. The summed E-state index contributed by atoms with van der Waals surface area (Å²) < 4.78 is 11.8. The number of benzene rings is 1. The molecule has 0 aliphatic rings. The second-order valence-electron chi connectivity index (χ2n) is 8.24. The Morgan fingerprint density at radius 1 is 1.00 bits per heavy atom. The average molecular weight is 532 g/mol. The molecular weight excluding hydrogens is 506 g/mol. The summed E-state index contributed by atoms with van der Waals surface area (Å²) in [5.74, 6) is -1.37. The molecule has 0 radical (unpaired) electrons. The number of aryl methyl sites for hydroxylation is 2. The Kier molecular flexibility index (Phi) is 7.80. The highest BCUT2D eigenvalue weighted by Crippen LogP contribution is 2.34. The van der Waals surface area contributed by atoms with Gasteiger partial charge in [-0.2, -0.15) is 5.10 Å². The molecule has 0 saturated carbocycles. The summed E-state index contributed by atoms with van der Waals surface area (Å²) in [7, 11) is 2.99. The minimum absolute atomic E-state index is 0.0818. The lowest BCUT2D eigenvalue weighted by Gasteiger charge is -2.24. The maximum absolute atomic E-state index is 13.6. The maximum atomic E-state index is 13.6. The van der Waals surface area contributed by atoms with Crippen LogP contribution in [-0.2, 0) is 9.47 Å². The van der Waals surface area contributed by atoms with Gasteiger partial charge in [-0.15, -0.1) is 0 Å². The molecule has 2 N–H and O–H groups in total. The minimum atomic E-state index is -0.950. The topological polar surface area (TPSA) is 157 Å². The van der Waals surface area contributed by atoms with Crippen LogP contribution in [0.3, 0.4) is 0 Å². The van der Waals surface area contributed by atoms with Gasteiger partial charge in [0.2, 0.25) is 6.79 Å². The van der Waals surface area contributed by atoms with Crippen molar-refractivity contribution in [3.8, 4) is 0 Å². The molecule has 3 aromatic heterocycles. The lowest BCUT2D eigenvalue weighted by molar-refractivity contribution is -0.000108. The predicted octanol–water partition coefficient (Wildman–Crippen LogP) is 2.55. The lowest BCUT2D eigenvalue weighted by atomic mass is 10.1. The van der Waals surface area contributed by atoms with Crippen LogP contribution >= 0.6 is 0 Å². The average Bonchev–Trinajstić information content (AvgIpc) is 3.30. The molecule has 0 atom stereocenters. The number of nitrogens with zero attached hydrogens (tertiary/aromatic N) is 5. The Bertz CT molecular complexity index is 1570. The first kappa shape index (κ1) is 26.7. The molecule has 1 aromatic carbocycles. The van der Waals surface area contributed by atoms with Gasteiger partial charge in [-0.1, -0.05) is 6.07 Å². The van der Waals surface area contributed by atoms with E-state index in [4.69, 9.17) is 9.47 Å². The molecule has 0 aliphatic carbocycles. The van der Waals surface area contributed by atoms with Crippen LogP contribution in [0.4, 0.5) is 16.3 Å². The second kappa shape index (κ2) is 11.4. The van der Waals surface area contributed by atoms with Gasteiger partial charge in [0, 0.05) is 38.2 Å². The number of hydrogen-bond acceptors (Lipinski definition) is 9. The van der Waals surface area contributed by atoms with Gasteiger partial charge in [-0.05, 0) is 49.2 Å². The van der Waals surface area contributed by atoms with Crippen LogP contribution < -0.4 is 15.5 Å². The number of pyridine rings is 1. The Morgan fingerprint density at radius 2 is 1.77 bits per heavy atom. The van der Waals surface area contributed by atoms with Crippen LogP contribution in [0.2, 0.25) is 0 Å². The number of nitrogens with one attached hydrogen (secondary N) is 2. The number of hydrogen-bond donors (Lipinski definition) is 2. The number of carbonyl (C=O) groups is 4. The molecule has 0 saturated heterocycles. The zero-order chi connectivity index (χ0) is 28.1. The second-order valence-corrected chi connectivity index (χ2v) is 8.24. The van der Waals surface area contributed by atoms with Crippen molar-refractivity contribution < 1.29 is 28.7 Å². The number of amides is 3. The fourth-order valence-electron chi connectivity index (χ4n) is 3.87. The fraction of sp³-hybridized carbons (Fsp3) is 0.192. The van der Waals surface area contributed by atoms with Gasteiger partial charge < -0.3 is 20.1 Å². The standard InChI is InChI=1S/C26H25N7O6/c1-15-7-8-17(23(34)27-3)10-20(15)33(26(37)39-14-38-25(36)18-6-5-9-29-11-18)22-21-16(2)19(24(35)28-4)12-32(21)31-13-30-22/h5-13H,14H2,1-4H3,(H,27,34)(H,28,35). The van der Waals surface area contributed by atoms with E-state index in [2.05, 4.69) is 25.7 Å². The van der Waals surface area contributed by atoms with E-state index in [1.165, 1.54) is 55.7 Å². The summed E-state index contributed by atoms with van der Waals surface area (Å²) in [5, 5.41) is 9.30. The molecule has 0 unspecified atom stereocenters. The molecule has 39 heavy (non-hydrogen) atoms. The largest absolute Gasteiger partial charge is 0.424 e. The molecule has 4 aromatic rings. The molecule has 0 aliphatic heterocycles. The number of fused-ring (bicyclic) bond motifs is 1. The van der Waals surface area contributed by atoms with Crippen molar-refractivity contribution >= 4 is 40.9 Å². The summed E-state index contributed by atoms with van der Waals surface area (Å²) in [6, 6.07) is 7.86. The van der Waals surface area contributed by atoms with Crippen molar-refractivity contribution in [1.82, 2.24) is 30.2 Å². The van der Waals surface area contributed by atoms with E-state index in [0.29, 0.717) is 22.2 Å². The number of rotatable bonds is 7. The van der Waals surface area contributed by atoms with E-state index >= 15 is 0 Å². The molecular formula is C26H25N7O6. The third-order valence-corrected chi connectivity index (χ3v) is 5.88. The van der Waals surface area contributed by atoms with Gasteiger partial charge in [-0.3, -0.25) is 14.6 Å². The van der Waals surface area contributed by atoms with E-state index in [1.54, 1.807) is 32.0 Å². The Morgan fingerprint density at radius 3 is 2.46 bits per heavy atom. The van der Waals surface area contributed by atoms with Crippen LogP contribution in [0.1, 0.15) is 42.2 Å². The first-order chi connectivity index (χ1) is 18.8. The Balaban J connectivity index is 1.77. The minimum Gasteiger partial charge on any atom is -0.424 e. The third kappa shape index (κ3) is 5.37. The van der Waals surface area contributed by atoms with Crippen molar-refractivity contribution in [3.63, 3.8) is 0 Å². The zero-order valence-electron chi connectivity index (χ0n) is 21.6. The summed E-state index contributed by atoms with van der Waals surface area (Å²) in [5.41, 5.74) is 2.54. The number of carbonyl (C=O) groups excluding carboxylic acids is 4. The van der Waals surface area contributed by atoms with Gasteiger partial charge >= 0.3 is 12.1 Å². The summed E-state index contributed by atoms with van der Waals surface area (Å²) >= 11 is 0. The van der Waals surface area contributed by atoms with Crippen molar-refractivity contribution in [2.45, 2.75) is 13.8 Å². The monoisotopic (exact) mass is 531 g/mol. The van der Waals surface area contributed by atoms with Crippen LogP contribution in [0.25, 0.3) is 5.52 Å². The van der Waals surface area contributed by atoms with Crippen LogP contribution in [0.5, 0.6) is 0 Å². The lowest BCUT2D eigenvalue weighted by Crippen LogP contribution is -2.30. The first-order valence-electron chi connectivity index (χ1n) is 11.7.